The van der Waals surface area contributed by atoms with Gasteiger partial charge in [-0.15, -0.1) is 0 Å². The number of alkyl carbamates (subject to hydrolysis) is 1. The molecule has 1 aromatic rings. The van der Waals surface area contributed by atoms with E-state index < -0.39 is 11.7 Å². The van der Waals surface area contributed by atoms with Gasteiger partial charge in [0.05, 0.1) is 11.9 Å². The van der Waals surface area contributed by atoms with Gasteiger partial charge < -0.3 is 14.8 Å². The molecule has 7 heteroatoms. The molecular weight excluding hydrogens is 367 g/mol. The Morgan fingerprint density at radius 1 is 1.48 bits per heavy atom. The van der Waals surface area contributed by atoms with Crippen molar-refractivity contribution in [3.63, 3.8) is 0 Å². The molecule has 0 aliphatic rings. The zero-order chi connectivity index (χ0) is 17.5. The number of nitriles is 1. The van der Waals surface area contributed by atoms with E-state index >= 15 is 0 Å². The highest BCUT2D eigenvalue weighted by atomic mass is 79.9. The summed E-state index contributed by atoms with van der Waals surface area (Å²) in [7, 11) is 0. The van der Waals surface area contributed by atoms with Crippen molar-refractivity contribution in [2.24, 2.45) is 0 Å². The van der Waals surface area contributed by atoms with Crippen LogP contribution in [0.2, 0.25) is 0 Å². The summed E-state index contributed by atoms with van der Waals surface area (Å²) in [6.07, 6.45) is -0.242. The second-order valence-electron chi connectivity index (χ2n) is 5.66. The van der Waals surface area contributed by atoms with Gasteiger partial charge in [-0.3, -0.25) is 0 Å². The molecule has 1 amide bonds. The highest BCUT2D eigenvalue weighted by molar-refractivity contribution is 9.10. The first-order chi connectivity index (χ1) is 10.7. The van der Waals surface area contributed by atoms with E-state index in [0.717, 1.165) is 0 Å². The van der Waals surface area contributed by atoms with Crippen LogP contribution in [0.1, 0.15) is 26.3 Å². The molecule has 0 unspecified atom stereocenters. The first kappa shape index (κ1) is 19.0. The van der Waals surface area contributed by atoms with Crippen molar-refractivity contribution in [3.8, 4) is 11.8 Å². The van der Waals surface area contributed by atoms with Gasteiger partial charge in [0.25, 0.3) is 0 Å². The lowest BCUT2D eigenvalue weighted by Crippen LogP contribution is -2.34. The van der Waals surface area contributed by atoms with Crippen LogP contribution < -0.4 is 10.1 Å². The number of nitrogens with zero attached hydrogens (tertiary/aromatic N) is 1. The van der Waals surface area contributed by atoms with E-state index in [1.165, 1.54) is 0 Å². The molecule has 0 fully saturated rings. The molecule has 0 aromatic heterocycles. The minimum absolute atomic E-state index is 0.0249. The largest absolute Gasteiger partial charge is 0.489 e. The number of rotatable bonds is 5. The topological polar surface area (TPSA) is 71.3 Å². The highest BCUT2D eigenvalue weighted by Crippen LogP contribution is 2.22. The minimum atomic E-state index is -0.627. The summed E-state index contributed by atoms with van der Waals surface area (Å²) in [6.45, 7) is 5.16. The first-order valence-electron chi connectivity index (χ1n) is 6.82. The van der Waals surface area contributed by atoms with Crippen molar-refractivity contribution in [1.82, 2.24) is 5.32 Å². The highest BCUT2D eigenvalue weighted by Gasteiger charge is 2.16. The fraction of sp³-hybridized carbons (Fsp3) is 0.375. The molecular formula is C16H18BrFN2O3. The van der Waals surface area contributed by atoms with Crippen molar-refractivity contribution in [3.05, 3.63) is 40.1 Å². The Kier molecular flexibility index (Phi) is 7.04. The molecule has 0 spiro atoms. The second-order valence-corrected chi connectivity index (χ2v) is 6.52. The maximum absolute atomic E-state index is 12.9. The third kappa shape index (κ3) is 7.15. The molecule has 0 aliphatic carbocycles. The molecule has 5 nitrogen and oxygen atoms in total. The molecule has 0 radical (unpaired) electrons. The second kappa shape index (κ2) is 8.53. The van der Waals surface area contributed by atoms with Gasteiger partial charge in [0, 0.05) is 16.6 Å². The molecule has 0 saturated carbocycles. The summed E-state index contributed by atoms with van der Waals surface area (Å²) >= 11 is 3.24. The first-order valence-corrected chi connectivity index (χ1v) is 7.62. The zero-order valence-corrected chi connectivity index (χ0v) is 14.7. The van der Waals surface area contributed by atoms with Gasteiger partial charge in [0.15, 0.2) is 0 Å². The number of hydrogen-bond acceptors (Lipinski definition) is 4. The molecule has 124 valence electrons. The summed E-state index contributed by atoms with van der Waals surface area (Å²) in [4.78, 5) is 11.5. The van der Waals surface area contributed by atoms with Crippen LogP contribution in [0.4, 0.5) is 9.18 Å². The Hall–Kier alpha value is -2.07. The number of halogens is 2. The van der Waals surface area contributed by atoms with E-state index in [1.807, 2.05) is 6.07 Å². The Bertz CT molecular complexity index is 633. The van der Waals surface area contributed by atoms with Crippen LogP contribution in [0.3, 0.4) is 0 Å². The lowest BCUT2D eigenvalue weighted by atomic mass is 10.2. The van der Waals surface area contributed by atoms with Gasteiger partial charge in [-0.2, -0.15) is 5.26 Å². The van der Waals surface area contributed by atoms with Crippen molar-refractivity contribution in [2.45, 2.75) is 26.4 Å². The lowest BCUT2D eigenvalue weighted by Gasteiger charge is -2.20. The van der Waals surface area contributed by atoms with E-state index in [9.17, 15) is 9.18 Å². The van der Waals surface area contributed by atoms with Crippen molar-refractivity contribution < 1.29 is 18.7 Å². The average molecular weight is 385 g/mol. The predicted molar refractivity (Wildman–Crippen MR) is 87.8 cm³/mol. The summed E-state index contributed by atoms with van der Waals surface area (Å²) < 4.78 is 23.9. The molecule has 0 bridgehead atoms. The average Bonchev–Trinajstić information content (AvgIpc) is 2.45. The molecule has 0 aliphatic heterocycles. The number of benzene rings is 1. The smallest absolute Gasteiger partial charge is 0.407 e. The maximum atomic E-state index is 12.9. The Morgan fingerprint density at radius 2 is 2.17 bits per heavy atom. The number of carbonyl (C=O) groups excluding carboxylic acids is 1. The molecule has 23 heavy (non-hydrogen) atoms. The van der Waals surface area contributed by atoms with E-state index in [4.69, 9.17) is 14.7 Å². The van der Waals surface area contributed by atoms with Crippen molar-refractivity contribution in [1.29, 1.82) is 5.26 Å². The van der Waals surface area contributed by atoms with Crippen LogP contribution in [0, 0.1) is 11.3 Å². The van der Waals surface area contributed by atoms with E-state index in [2.05, 4.69) is 21.2 Å². The van der Waals surface area contributed by atoms with E-state index in [0.29, 0.717) is 22.1 Å². The number of amides is 1. The quantitative estimate of drug-likeness (QED) is 0.829. The van der Waals surface area contributed by atoms with Crippen molar-refractivity contribution in [2.75, 3.05) is 13.2 Å². The van der Waals surface area contributed by atoms with Gasteiger partial charge in [-0.05, 0) is 54.9 Å². The normalized spacial score (nSPS) is 11.6. The lowest BCUT2D eigenvalue weighted by molar-refractivity contribution is 0.0531. The SMILES string of the molecule is CC(C)(C)OC(=O)NCC(=CF)COc1ccc(C#N)c(Br)c1. The monoisotopic (exact) mass is 384 g/mol. The van der Waals surface area contributed by atoms with Gasteiger partial charge in [-0.1, -0.05) is 0 Å². The Labute approximate surface area is 143 Å². The van der Waals surface area contributed by atoms with Crippen LogP contribution in [-0.2, 0) is 4.74 Å². The molecule has 0 heterocycles. The molecule has 1 rings (SSSR count). The van der Waals surface area contributed by atoms with Gasteiger partial charge >= 0.3 is 6.09 Å². The Balaban J connectivity index is 2.50. The van der Waals surface area contributed by atoms with E-state index in [-0.39, 0.29) is 18.7 Å². The van der Waals surface area contributed by atoms with Crippen LogP contribution in [0.25, 0.3) is 0 Å². The van der Waals surface area contributed by atoms with Crippen molar-refractivity contribution >= 4 is 22.0 Å². The molecule has 1 aromatic carbocycles. The molecule has 0 saturated heterocycles. The minimum Gasteiger partial charge on any atom is -0.489 e. The fourth-order valence-corrected chi connectivity index (χ4v) is 1.92. The summed E-state index contributed by atoms with van der Waals surface area (Å²) in [5.74, 6) is 0.479. The van der Waals surface area contributed by atoms with Gasteiger partial charge in [0.1, 0.15) is 24.0 Å². The van der Waals surface area contributed by atoms with Crippen LogP contribution in [-0.4, -0.2) is 24.8 Å². The molecule has 1 N–H and O–H groups in total. The maximum Gasteiger partial charge on any atom is 0.407 e. The number of nitrogens with one attached hydrogen (secondary N) is 1. The number of ether oxygens (including phenoxy) is 2. The summed E-state index contributed by atoms with van der Waals surface area (Å²) in [6, 6.07) is 6.84. The van der Waals surface area contributed by atoms with Crippen LogP contribution >= 0.6 is 15.9 Å². The summed E-state index contributed by atoms with van der Waals surface area (Å²) in [5, 5.41) is 11.3. The predicted octanol–water partition coefficient (Wildman–Crippen LogP) is 4.08. The number of carbonyl (C=O) groups is 1. The van der Waals surface area contributed by atoms with Crippen LogP contribution in [0.15, 0.2) is 34.6 Å². The number of hydrogen-bond donors (Lipinski definition) is 1. The third-order valence-corrected chi connectivity index (χ3v) is 3.15. The zero-order valence-electron chi connectivity index (χ0n) is 13.2. The Morgan fingerprint density at radius 3 is 2.70 bits per heavy atom. The van der Waals surface area contributed by atoms with Crippen LogP contribution in [0.5, 0.6) is 5.75 Å². The molecule has 0 atom stereocenters. The standard InChI is InChI=1S/C16H18BrFN2O3/c1-16(2,3)23-15(21)20-9-11(7-18)10-22-13-5-4-12(8-19)14(17)6-13/h4-7H,9-10H2,1-3H3,(H,20,21). The third-order valence-electron chi connectivity index (χ3n) is 2.50. The van der Waals surface area contributed by atoms with Gasteiger partial charge in [0.2, 0.25) is 0 Å². The van der Waals surface area contributed by atoms with E-state index in [1.54, 1.807) is 39.0 Å². The fourth-order valence-electron chi connectivity index (χ4n) is 1.47. The van der Waals surface area contributed by atoms with Gasteiger partial charge in [-0.25, -0.2) is 9.18 Å². The summed E-state index contributed by atoms with van der Waals surface area (Å²) in [5.41, 5.74) is 0.108.